The van der Waals surface area contributed by atoms with Gasteiger partial charge in [-0.3, -0.25) is 4.79 Å². The average molecular weight is 630 g/mol. The Kier molecular flexibility index (Phi) is 10.3. The molecule has 0 aromatic heterocycles. The molecule has 0 bridgehead atoms. The second kappa shape index (κ2) is 14.1. The number of rotatable bonds is 12. The predicted molar refractivity (Wildman–Crippen MR) is 161 cm³/mol. The molecule has 0 fully saturated rings. The first-order chi connectivity index (χ1) is 20.2. The van der Waals surface area contributed by atoms with Gasteiger partial charge >= 0.3 is 10.1 Å². The van der Waals surface area contributed by atoms with Crippen LogP contribution in [0.2, 0.25) is 10.0 Å². The Bertz CT molecular complexity index is 1680. The molecule has 1 amide bonds. The molecule has 0 saturated carbocycles. The highest BCUT2D eigenvalue weighted by Crippen LogP contribution is 2.38. The summed E-state index contributed by atoms with van der Waals surface area (Å²) in [7, 11) is -2.74. The third-order valence-electron chi connectivity index (χ3n) is 5.67. The molecule has 0 radical (unpaired) electrons. The third-order valence-corrected chi connectivity index (χ3v) is 7.44. The van der Waals surface area contributed by atoms with Gasteiger partial charge in [0, 0.05) is 10.6 Å². The summed E-state index contributed by atoms with van der Waals surface area (Å²) in [6.07, 6.45) is 1.33. The lowest BCUT2D eigenvalue weighted by molar-refractivity contribution is 0.0954. The highest BCUT2D eigenvalue weighted by atomic mass is 35.5. The van der Waals surface area contributed by atoms with Gasteiger partial charge in [0.1, 0.15) is 11.5 Å². The predicted octanol–water partition coefficient (Wildman–Crippen LogP) is 6.51. The SMILES string of the molecule is CCOc1cc(/C=N/NC(=O)c2ccc(OCc3ccccc3)c(OC)c2)cc(Cl)c1OS(=O)(=O)c1ccc(Cl)cc1. The first-order valence-corrected chi connectivity index (χ1v) is 14.7. The molecule has 9 nitrogen and oxygen atoms in total. The van der Waals surface area contributed by atoms with E-state index in [9.17, 15) is 13.2 Å². The van der Waals surface area contributed by atoms with E-state index in [-0.39, 0.29) is 28.0 Å². The molecule has 218 valence electrons. The van der Waals surface area contributed by atoms with Crippen LogP contribution in [0.5, 0.6) is 23.0 Å². The summed E-state index contributed by atoms with van der Waals surface area (Å²) in [5.41, 5.74) is 4.14. The maximum atomic E-state index is 12.8. The molecule has 0 spiro atoms. The standard InChI is InChI=1S/C30H26Cl2N2O7S/c1-3-39-28-16-21(15-25(32)29(28)41-42(36,37)24-12-10-23(31)11-13-24)18-33-34-30(35)22-9-14-26(27(17-22)38-2)40-19-20-7-5-4-6-8-20/h4-18H,3,19H2,1-2H3,(H,34,35)/b33-18+. The summed E-state index contributed by atoms with van der Waals surface area (Å²) in [5.74, 6) is 0.270. The molecule has 4 aromatic rings. The first-order valence-electron chi connectivity index (χ1n) is 12.5. The summed E-state index contributed by atoms with van der Waals surface area (Å²) >= 11 is 12.2. The number of carbonyl (C=O) groups is 1. The van der Waals surface area contributed by atoms with Crippen molar-refractivity contribution in [2.75, 3.05) is 13.7 Å². The van der Waals surface area contributed by atoms with Crippen molar-refractivity contribution in [3.8, 4) is 23.0 Å². The van der Waals surface area contributed by atoms with E-state index < -0.39 is 16.0 Å². The van der Waals surface area contributed by atoms with E-state index in [1.54, 1.807) is 25.1 Å². The van der Waals surface area contributed by atoms with Crippen LogP contribution >= 0.6 is 23.2 Å². The molecule has 0 aliphatic rings. The van der Waals surface area contributed by atoms with Gasteiger partial charge in [0.15, 0.2) is 17.2 Å². The van der Waals surface area contributed by atoms with Crippen LogP contribution in [0.25, 0.3) is 0 Å². The Morgan fingerprint density at radius 3 is 2.33 bits per heavy atom. The number of benzene rings is 4. The molecule has 42 heavy (non-hydrogen) atoms. The summed E-state index contributed by atoms with van der Waals surface area (Å²) in [6.45, 7) is 2.27. The van der Waals surface area contributed by atoms with E-state index in [1.807, 2.05) is 30.3 Å². The lowest BCUT2D eigenvalue weighted by atomic mass is 10.2. The number of hydrazone groups is 1. The highest BCUT2D eigenvalue weighted by molar-refractivity contribution is 7.87. The first kappa shape index (κ1) is 30.7. The highest BCUT2D eigenvalue weighted by Gasteiger charge is 2.22. The van der Waals surface area contributed by atoms with Gasteiger partial charge in [0.05, 0.1) is 25.0 Å². The number of halogens is 2. The van der Waals surface area contributed by atoms with Crippen molar-refractivity contribution in [2.45, 2.75) is 18.4 Å². The molecule has 4 aromatic carbocycles. The number of amides is 1. The van der Waals surface area contributed by atoms with E-state index in [0.29, 0.717) is 34.3 Å². The molecule has 0 unspecified atom stereocenters. The van der Waals surface area contributed by atoms with Gasteiger partial charge in [-0.05, 0) is 72.6 Å². The second-order valence-corrected chi connectivity index (χ2v) is 11.0. The molecule has 0 atom stereocenters. The zero-order chi connectivity index (χ0) is 30.1. The fraction of sp³-hybridized carbons (Fsp3) is 0.133. The minimum absolute atomic E-state index is 0.0397. The Balaban J connectivity index is 1.46. The number of hydrogen-bond acceptors (Lipinski definition) is 8. The van der Waals surface area contributed by atoms with Crippen molar-refractivity contribution in [2.24, 2.45) is 5.10 Å². The normalized spacial score (nSPS) is 11.2. The van der Waals surface area contributed by atoms with Crippen molar-refractivity contribution in [3.05, 3.63) is 112 Å². The van der Waals surface area contributed by atoms with Crippen LogP contribution in [0.3, 0.4) is 0 Å². The Hall–Kier alpha value is -4.25. The zero-order valence-electron chi connectivity index (χ0n) is 22.5. The Morgan fingerprint density at radius 2 is 1.64 bits per heavy atom. The van der Waals surface area contributed by atoms with Crippen molar-refractivity contribution in [1.82, 2.24) is 5.43 Å². The molecule has 4 rings (SSSR count). The number of methoxy groups -OCH3 is 1. The number of carbonyl (C=O) groups excluding carboxylic acids is 1. The smallest absolute Gasteiger partial charge is 0.339 e. The van der Waals surface area contributed by atoms with E-state index in [1.165, 1.54) is 49.7 Å². The molecule has 0 saturated heterocycles. The van der Waals surface area contributed by atoms with Crippen LogP contribution in [0, 0.1) is 0 Å². The molecular weight excluding hydrogens is 603 g/mol. The van der Waals surface area contributed by atoms with E-state index in [4.69, 9.17) is 41.6 Å². The number of nitrogens with one attached hydrogen (secondary N) is 1. The van der Waals surface area contributed by atoms with Gasteiger partial charge in [-0.25, -0.2) is 5.43 Å². The summed E-state index contributed by atoms with van der Waals surface area (Å²) in [4.78, 5) is 12.6. The molecule has 0 heterocycles. The molecule has 0 aliphatic heterocycles. The maximum Gasteiger partial charge on any atom is 0.339 e. The second-order valence-electron chi connectivity index (χ2n) is 8.59. The lowest BCUT2D eigenvalue weighted by Crippen LogP contribution is -2.17. The van der Waals surface area contributed by atoms with Crippen LogP contribution in [0.15, 0.2) is 94.9 Å². The van der Waals surface area contributed by atoms with Gasteiger partial charge in [-0.2, -0.15) is 13.5 Å². The summed E-state index contributed by atoms with van der Waals surface area (Å²) in [6, 6.07) is 22.8. The van der Waals surface area contributed by atoms with Crippen molar-refractivity contribution in [1.29, 1.82) is 0 Å². The quantitative estimate of drug-likeness (QED) is 0.108. The molecule has 12 heteroatoms. The lowest BCUT2D eigenvalue weighted by Gasteiger charge is -2.14. The maximum absolute atomic E-state index is 12.8. The van der Waals surface area contributed by atoms with Gasteiger partial charge in [0.25, 0.3) is 5.91 Å². The van der Waals surface area contributed by atoms with Gasteiger partial charge in [-0.15, -0.1) is 0 Å². The fourth-order valence-corrected chi connectivity index (χ4v) is 5.05. The minimum atomic E-state index is -4.22. The van der Waals surface area contributed by atoms with Gasteiger partial charge in [-0.1, -0.05) is 53.5 Å². The van der Waals surface area contributed by atoms with Crippen molar-refractivity contribution < 1.29 is 31.6 Å². The summed E-state index contributed by atoms with van der Waals surface area (Å²) in [5, 5.41) is 4.33. The van der Waals surface area contributed by atoms with Crippen LogP contribution in [0.1, 0.15) is 28.4 Å². The van der Waals surface area contributed by atoms with E-state index in [2.05, 4.69) is 10.5 Å². The Labute approximate surface area is 253 Å². The van der Waals surface area contributed by atoms with Crippen LogP contribution in [-0.2, 0) is 16.7 Å². The molecular formula is C30H26Cl2N2O7S. The number of nitrogens with zero attached hydrogens (tertiary/aromatic N) is 1. The van der Waals surface area contributed by atoms with Crippen molar-refractivity contribution in [3.63, 3.8) is 0 Å². The summed E-state index contributed by atoms with van der Waals surface area (Å²) < 4.78 is 47.7. The molecule has 0 aliphatic carbocycles. The van der Waals surface area contributed by atoms with Crippen LogP contribution in [-0.4, -0.2) is 34.3 Å². The van der Waals surface area contributed by atoms with E-state index >= 15 is 0 Å². The topological polar surface area (TPSA) is 113 Å². The van der Waals surface area contributed by atoms with Crippen molar-refractivity contribution >= 4 is 45.4 Å². The fourth-order valence-electron chi connectivity index (χ4n) is 3.66. The number of ether oxygens (including phenoxy) is 3. The largest absolute Gasteiger partial charge is 0.493 e. The zero-order valence-corrected chi connectivity index (χ0v) is 24.9. The van der Waals surface area contributed by atoms with E-state index in [0.717, 1.165) is 5.56 Å². The number of hydrogen-bond donors (Lipinski definition) is 1. The average Bonchev–Trinajstić information content (AvgIpc) is 2.98. The van der Waals surface area contributed by atoms with Crippen LogP contribution < -0.4 is 23.8 Å². The Morgan fingerprint density at radius 1 is 0.905 bits per heavy atom. The minimum Gasteiger partial charge on any atom is -0.493 e. The van der Waals surface area contributed by atoms with Gasteiger partial charge < -0.3 is 18.4 Å². The molecule has 1 N–H and O–H groups in total. The van der Waals surface area contributed by atoms with Gasteiger partial charge in [0.2, 0.25) is 5.75 Å². The van der Waals surface area contributed by atoms with Crippen LogP contribution in [0.4, 0.5) is 0 Å². The third kappa shape index (κ3) is 7.94. The monoisotopic (exact) mass is 628 g/mol.